The van der Waals surface area contributed by atoms with Gasteiger partial charge in [0, 0.05) is 23.0 Å². The Balaban J connectivity index is 2.60. The highest BCUT2D eigenvalue weighted by molar-refractivity contribution is 7.07. The second kappa shape index (κ2) is 4.08. The lowest BCUT2D eigenvalue weighted by atomic mass is 10.2. The van der Waals surface area contributed by atoms with Crippen molar-refractivity contribution in [1.29, 1.82) is 0 Å². The highest BCUT2D eigenvalue weighted by Gasteiger charge is 2.04. The Morgan fingerprint density at radius 2 is 2.27 bits per heavy atom. The summed E-state index contributed by atoms with van der Waals surface area (Å²) in [5.41, 5.74) is 2.13. The summed E-state index contributed by atoms with van der Waals surface area (Å²) in [6.45, 7) is 0. The fourth-order valence-electron chi connectivity index (χ4n) is 1.40. The Hall–Kier alpha value is -1.26. The zero-order chi connectivity index (χ0) is 10.8. The first-order valence-corrected chi connectivity index (χ1v) is 5.62. The molecule has 0 aliphatic heterocycles. The SMILES string of the molecule is Cn1c(-c2cccc(Cl)c2)cs/c1=N/N. The molecule has 0 unspecified atom stereocenters. The lowest BCUT2D eigenvalue weighted by molar-refractivity contribution is 0.862. The van der Waals surface area contributed by atoms with Crippen LogP contribution in [-0.2, 0) is 7.05 Å². The molecule has 2 N–H and O–H groups in total. The predicted molar refractivity (Wildman–Crippen MR) is 63.5 cm³/mol. The molecule has 2 rings (SSSR count). The largest absolute Gasteiger partial charge is 0.320 e. The van der Waals surface area contributed by atoms with Gasteiger partial charge >= 0.3 is 0 Å². The fourth-order valence-corrected chi connectivity index (χ4v) is 2.42. The summed E-state index contributed by atoms with van der Waals surface area (Å²) in [6, 6.07) is 7.71. The molecule has 15 heavy (non-hydrogen) atoms. The van der Waals surface area contributed by atoms with Crippen molar-refractivity contribution in [3.63, 3.8) is 0 Å². The van der Waals surface area contributed by atoms with Crippen LogP contribution in [0.25, 0.3) is 11.3 Å². The van der Waals surface area contributed by atoms with Crippen molar-refractivity contribution in [3.05, 3.63) is 39.5 Å². The van der Waals surface area contributed by atoms with Crippen molar-refractivity contribution in [2.75, 3.05) is 0 Å². The van der Waals surface area contributed by atoms with Crippen molar-refractivity contribution in [1.82, 2.24) is 4.57 Å². The average molecular weight is 240 g/mol. The van der Waals surface area contributed by atoms with Gasteiger partial charge in [-0.15, -0.1) is 11.3 Å². The molecule has 0 aliphatic rings. The molecule has 0 bridgehead atoms. The average Bonchev–Trinajstić information content (AvgIpc) is 2.59. The van der Waals surface area contributed by atoms with Gasteiger partial charge in [0.1, 0.15) is 0 Å². The van der Waals surface area contributed by atoms with Crippen LogP contribution >= 0.6 is 22.9 Å². The number of hydrogen-bond donors (Lipinski definition) is 1. The van der Waals surface area contributed by atoms with Gasteiger partial charge < -0.3 is 10.4 Å². The molecular weight excluding hydrogens is 230 g/mol. The summed E-state index contributed by atoms with van der Waals surface area (Å²) in [4.78, 5) is 0.782. The normalized spacial score (nSPS) is 12.0. The van der Waals surface area contributed by atoms with Crippen LogP contribution in [0.15, 0.2) is 34.7 Å². The van der Waals surface area contributed by atoms with Gasteiger partial charge in [-0.05, 0) is 12.1 Å². The second-order valence-electron chi connectivity index (χ2n) is 3.10. The van der Waals surface area contributed by atoms with Crippen molar-refractivity contribution in [2.24, 2.45) is 18.0 Å². The van der Waals surface area contributed by atoms with E-state index in [0.717, 1.165) is 21.1 Å². The zero-order valence-electron chi connectivity index (χ0n) is 8.14. The first-order valence-electron chi connectivity index (χ1n) is 4.37. The number of rotatable bonds is 1. The molecule has 0 amide bonds. The lowest BCUT2D eigenvalue weighted by Crippen LogP contribution is -2.13. The summed E-state index contributed by atoms with van der Waals surface area (Å²) in [7, 11) is 1.93. The van der Waals surface area contributed by atoms with E-state index in [9.17, 15) is 0 Å². The van der Waals surface area contributed by atoms with Gasteiger partial charge in [-0.2, -0.15) is 5.10 Å². The number of nitrogens with two attached hydrogens (primary N) is 1. The van der Waals surface area contributed by atoms with Crippen LogP contribution in [0.3, 0.4) is 0 Å². The number of hydrogen-bond acceptors (Lipinski definition) is 3. The van der Waals surface area contributed by atoms with Gasteiger partial charge in [0.15, 0.2) is 0 Å². The molecule has 0 fully saturated rings. The first kappa shape index (κ1) is 10.3. The van der Waals surface area contributed by atoms with Crippen LogP contribution in [0, 0.1) is 0 Å². The van der Waals surface area contributed by atoms with Gasteiger partial charge in [-0.1, -0.05) is 23.7 Å². The third kappa shape index (κ3) is 1.91. The number of halogens is 1. The van der Waals surface area contributed by atoms with E-state index in [0.29, 0.717) is 0 Å². The maximum Gasteiger partial charge on any atom is 0.207 e. The van der Waals surface area contributed by atoms with E-state index in [1.54, 1.807) is 0 Å². The van der Waals surface area contributed by atoms with Crippen molar-refractivity contribution < 1.29 is 0 Å². The molecule has 0 radical (unpaired) electrons. The van der Waals surface area contributed by atoms with Crippen molar-refractivity contribution >= 4 is 22.9 Å². The van der Waals surface area contributed by atoms with Crippen LogP contribution in [0.4, 0.5) is 0 Å². The Morgan fingerprint density at radius 3 is 2.87 bits per heavy atom. The Morgan fingerprint density at radius 1 is 1.47 bits per heavy atom. The zero-order valence-corrected chi connectivity index (χ0v) is 9.72. The Labute approximate surface area is 96.4 Å². The van der Waals surface area contributed by atoms with Crippen LogP contribution in [0.1, 0.15) is 0 Å². The van der Waals surface area contributed by atoms with E-state index in [1.165, 1.54) is 11.3 Å². The van der Waals surface area contributed by atoms with Gasteiger partial charge in [0.05, 0.1) is 5.69 Å². The molecule has 1 heterocycles. The third-order valence-corrected chi connectivity index (χ3v) is 3.32. The second-order valence-corrected chi connectivity index (χ2v) is 4.37. The van der Waals surface area contributed by atoms with Gasteiger partial charge in [-0.3, -0.25) is 0 Å². The monoisotopic (exact) mass is 239 g/mol. The van der Waals surface area contributed by atoms with E-state index in [1.807, 2.05) is 41.3 Å². The summed E-state index contributed by atoms with van der Waals surface area (Å²) in [5, 5.41) is 6.43. The molecule has 78 valence electrons. The van der Waals surface area contributed by atoms with Crippen LogP contribution in [-0.4, -0.2) is 4.57 Å². The quantitative estimate of drug-likeness (QED) is 0.602. The van der Waals surface area contributed by atoms with Crippen molar-refractivity contribution in [3.8, 4) is 11.3 Å². The molecule has 2 aromatic rings. The molecule has 0 saturated heterocycles. The number of nitrogens with zero attached hydrogens (tertiary/aromatic N) is 2. The molecule has 3 nitrogen and oxygen atoms in total. The molecule has 0 saturated carbocycles. The summed E-state index contributed by atoms with van der Waals surface area (Å²) in [5.74, 6) is 5.26. The summed E-state index contributed by atoms with van der Waals surface area (Å²) < 4.78 is 1.94. The van der Waals surface area contributed by atoms with E-state index in [2.05, 4.69) is 5.10 Å². The highest BCUT2D eigenvalue weighted by Crippen LogP contribution is 2.22. The minimum absolute atomic E-state index is 0.727. The smallest absolute Gasteiger partial charge is 0.207 e. The number of benzene rings is 1. The Bertz CT molecular complexity index is 542. The maximum atomic E-state index is 5.93. The molecule has 0 spiro atoms. The highest BCUT2D eigenvalue weighted by atomic mass is 35.5. The van der Waals surface area contributed by atoms with E-state index < -0.39 is 0 Å². The number of thiazole rings is 1. The Kier molecular flexibility index (Phi) is 2.79. The van der Waals surface area contributed by atoms with E-state index in [4.69, 9.17) is 17.4 Å². The topological polar surface area (TPSA) is 43.3 Å². The molecule has 1 aromatic heterocycles. The first-order chi connectivity index (χ1) is 7.22. The molecular formula is C10H10ClN3S. The van der Waals surface area contributed by atoms with Gasteiger partial charge in [0.2, 0.25) is 4.80 Å². The third-order valence-electron chi connectivity index (χ3n) is 2.16. The molecule has 5 heteroatoms. The minimum Gasteiger partial charge on any atom is -0.320 e. The standard InChI is InChI=1S/C10H10ClN3S/c1-14-9(6-15-10(14)13-12)7-3-2-4-8(11)5-7/h2-6H,12H2,1H3/b13-10+. The summed E-state index contributed by atoms with van der Waals surface area (Å²) in [6.07, 6.45) is 0. The predicted octanol–water partition coefficient (Wildman–Crippen LogP) is 2.18. The molecule has 0 atom stereocenters. The lowest BCUT2D eigenvalue weighted by Gasteiger charge is -2.02. The fraction of sp³-hybridized carbons (Fsp3) is 0.100. The van der Waals surface area contributed by atoms with Gasteiger partial charge in [-0.25, -0.2) is 0 Å². The summed E-state index contributed by atoms with van der Waals surface area (Å²) >= 11 is 7.44. The molecule has 1 aromatic carbocycles. The molecule has 0 aliphatic carbocycles. The van der Waals surface area contributed by atoms with Crippen molar-refractivity contribution in [2.45, 2.75) is 0 Å². The minimum atomic E-state index is 0.727. The van der Waals surface area contributed by atoms with Crippen LogP contribution in [0.5, 0.6) is 0 Å². The van der Waals surface area contributed by atoms with Crippen LogP contribution < -0.4 is 10.6 Å². The van der Waals surface area contributed by atoms with E-state index >= 15 is 0 Å². The van der Waals surface area contributed by atoms with Crippen LogP contribution in [0.2, 0.25) is 5.02 Å². The maximum absolute atomic E-state index is 5.93. The number of aromatic nitrogens is 1. The van der Waals surface area contributed by atoms with E-state index in [-0.39, 0.29) is 0 Å². The van der Waals surface area contributed by atoms with Gasteiger partial charge in [0.25, 0.3) is 0 Å².